The average molecular weight is 284 g/mol. The summed E-state index contributed by atoms with van der Waals surface area (Å²) >= 11 is 0. The Balaban J connectivity index is 1.56. The van der Waals surface area contributed by atoms with E-state index in [0.29, 0.717) is 5.69 Å². The predicted molar refractivity (Wildman–Crippen MR) is 81.2 cm³/mol. The van der Waals surface area contributed by atoms with E-state index in [1.165, 1.54) is 12.8 Å². The minimum Gasteiger partial charge on any atom is -0.335 e. The molecule has 110 valence electrons. The summed E-state index contributed by atoms with van der Waals surface area (Å²) in [6.45, 7) is 3.64. The van der Waals surface area contributed by atoms with Gasteiger partial charge < -0.3 is 4.90 Å². The van der Waals surface area contributed by atoms with Crippen molar-refractivity contribution in [1.82, 2.24) is 19.6 Å². The Hall–Kier alpha value is -1.88. The minimum absolute atomic E-state index is 0.0715. The maximum atomic E-state index is 12.8. The molecule has 5 heteroatoms. The largest absolute Gasteiger partial charge is 0.335 e. The van der Waals surface area contributed by atoms with Gasteiger partial charge in [0, 0.05) is 44.7 Å². The number of aryl methyl sites for hydroxylation is 1. The first-order valence-corrected chi connectivity index (χ1v) is 7.69. The van der Waals surface area contributed by atoms with Crippen LogP contribution < -0.4 is 0 Å². The number of hydrogen-bond acceptors (Lipinski definition) is 3. The molecule has 1 amide bonds. The molecule has 2 heterocycles. The van der Waals surface area contributed by atoms with E-state index in [1.54, 1.807) is 4.68 Å². The summed E-state index contributed by atoms with van der Waals surface area (Å²) in [6, 6.07) is 8.72. The molecule has 0 radical (unpaired) electrons. The van der Waals surface area contributed by atoms with Crippen molar-refractivity contribution in [2.24, 2.45) is 7.05 Å². The van der Waals surface area contributed by atoms with Gasteiger partial charge in [-0.1, -0.05) is 18.2 Å². The Kier molecular flexibility index (Phi) is 2.96. The first-order chi connectivity index (χ1) is 10.2. The van der Waals surface area contributed by atoms with Crippen LogP contribution in [0.3, 0.4) is 0 Å². The monoisotopic (exact) mass is 284 g/mol. The number of fused-ring (bicyclic) bond motifs is 1. The third-order valence-corrected chi connectivity index (χ3v) is 4.63. The molecule has 4 rings (SSSR count). The molecule has 1 aromatic heterocycles. The van der Waals surface area contributed by atoms with Crippen LogP contribution in [0.2, 0.25) is 0 Å². The van der Waals surface area contributed by atoms with Crippen molar-refractivity contribution in [2.75, 3.05) is 26.2 Å². The predicted octanol–water partition coefficient (Wildman–Crippen LogP) is 1.49. The molecule has 0 bridgehead atoms. The second-order valence-corrected chi connectivity index (χ2v) is 6.05. The average Bonchev–Trinajstić information content (AvgIpc) is 3.32. The van der Waals surface area contributed by atoms with Crippen LogP contribution in [0, 0.1) is 0 Å². The third kappa shape index (κ3) is 2.21. The van der Waals surface area contributed by atoms with Gasteiger partial charge in [0.15, 0.2) is 5.69 Å². The summed E-state index contributed by atoms with van der Waals surface area (Å²) in [7, 11) is 1.89. The minimum atomic E-state index is 0.0715. The number of carbonyl (C=O) groups excluding carboxylic acids is 1. The maximum absolute atomic E-state index is 12.8. The van der Waals surface area contributed by atoms with Gasteiger partial charge in [-0.15, -0.1) is 0 Å². The summed E-state index contributed by atoms with van der Waals surface area (Å²) in [6.07, 6.45) is 2.66. The molecule has 1 saturated heterocycles. The Bertz CT molecular complexity index is 681. The highest BCUT2D eigenvalue weighted by Gasteiger charge is 2.33. The van der Waals surface area contributed by atoms with Crippen molar-refractivity contribution in [3.63, 3.8) is 0 Å². The van der Waals surface area contributed by atoms with Gasteiger partial charge in [0.05, 0.1) is 5.52 Å². The standard InChI is InChI=1S/C16H20N4O/c1-18-14-5-3-2-4-13(14)15(17-18)16(21)20-10-8-19(9-11-20)12-6-7-12/h2-5,12H,6-11H2,1H3. The zero-order chi connectivity index (χ0) is 14.4. The molecule has 0 unspecified atom stereocenters. The smallest absolute Gasteiger partial charge is 0.275 e. The van der Waals surface area contributed by atoms with Crippen molar-refractivity contribution in [1.29, 1.82) is 0 Å². The molecular formula is C16H20N4O. The van der Waals surface area contributed by atoms with Gasteiger partial charge in [-0.3, -0.25) is 14.4 Å². The Labute approximate surface area is 124 Å². The van der Waals surface area contributed by atoms with E-state index in [0.717, 1.165) is 43.1 Å². The Morgan fingerprint density at radius 2 is 1.86 bits per heavy atom. The van der Waals surface area contributed by atoms with E-state index in [2.05, 4.69) is 10.00 Å². The normalized spacial score (nSPS) is 20.1. The van der Waals surface area contributed by atoms with Crippen molar-refractivity contribution in [3.05, 3.63) is 30.0 Å². The van der Waals surface area contributed by atoms with Gasteiger partial charge in [0.1, 0.15) is 0 Å². The van der Waals surface area contributed by atoms with E-state index in [-0.39, 0.29) is 5.91 Å². The zero-order valence-corrected chi connectivity index (χ0v) is 12.3. The molecule has 1 saturated carbocycles. The number of amides is 1. The van der Waals surface area contributed by atoms with Crippen LogP contribution in [0.4, 0.5) is 0 Å². The molecule has 0 spiro atoms. The molecule has 2 aromatic rings. The van der Waals surface area contributed by atoms with Crippen LogP contribution in [0.1, 0.15) is 23.3 Å². The molecule has 0 atom stereocenters. The third-order valence-electron chi connectivity index (χ3n) is 4.63. The Morgan fingerprint density at radius 1 is 1.14 bits per heavy atom. The quantitative estimate of drug-likeness (QED) is 0.839. The molecule has 2 fully saturated rings. The van der Waals surface area contributed by atoms with Crippen molar-refractivity contribution < 1.29 is 4.79 Å². The highest BCUT2D eigenvalue weighted by atomic mass is 16.2. The highest BCUT2D eigenvalue weighted by Crippen LogP contribution is 2.28. The van der Waals surface area contributed by atoms with E-state index in [9.17, 15) is 4.79 Å². The van der Waals surface area contributed by atoms with E-state index >= 15 is 0 Å². The van der Waals surface area contributed by atoms with Gasteiger partial charge in [-0.05, 0) is 18.9 Å². The fourth-order valence-corrected chi connectivity index (χ4v) is 3.25. The van der Waals surface area contributed by atoms with E-state index in [1.807, 2.05) is 36.2 Å². The molecule has 0 N–H and O–H groups in total. The fraction of sp³-hybridized carbons (Fsp3) is 0.500. The second kappa shape index (κ2) is 4.84. The van der Waals surface area contributed by atoms with Crippen LogP contribution in [-0.4, -0.2) is 57.7 Å². The van der Waals surface area contributed by atoms with Gasteiger partial charge in [0.2, 0.25) is 0 Å². The molecule has 1 aromatic carbocycles. The SMILES string of the molecule is Cn1nc(C(=O)N2CCN(C3CC3)CC2)c2ccccc21. The lowest BCUT2D eigenvalue weighted by Crippen LogP contribution is -2.49. The number of hydrogen-bond donors (Lipinski definition) is 0. The fourth-order valence-electron chi connectivity index (χ4n) is 3.25. The van der Waals surface area contributed by atoms with Crippen LogP contribution in [0.25, 0.3) is 10.9 Å². The van der Waals surface area contributed by atoms with Crippen molar-refractivity contribution in [2.45, 2.75) is 18.9 Å². The van der Waals surface area contributed by atoms with Crippen LogP contribution in [0.15, 0.2) is 24.3 Å². The zero-order valence-electron chi connectivity index (χ0n) is 12.3. The van der Waals surface area contributed by atoms with Crippen LogP contribution >= 0.6 is 0 Å². The molecule has 1 aliphatic carbocycles. The lowest BCUT2D eigenvalue weighted by atomic mass is 10.2. The molecular weight excluding hydrogens is 264 g/mol. The van der Waals surface area contributed by atoms with Gasteiger partial charge in [-0.2, -0.15) is 5.10 Å². The van der Waals surface area contributed by atoms with Crippen LogP contribution in [0.5, 0.6) is 0 Å². The molecule has 21 heavy (non-hydrogen) atoms. The molecule has 1 aliphatic heterocycles. The van der Waals surface area contributed by atoms with Crippen molar-refractivity contribution >= 4 is 16.8 Å². The topological polar surface area (TPSA) is 41.4 Å². The maximum Gasteiger partial charge on any atom is 0.275 e. The van der Waals surface area contributed by atoms with Gasteiger partial charge in [0.25, 0.3) is 5.91 Å². The lowest BCUT2D eigenvalue weighted by molar-refractivity contribution is 0.0622. The number of carbonyl (C=O) groups is 1. The molecule has 2 aliphatic rings. The number of para-hydroxylation sites is 1. The van der Waals surface area contributed by atoms with Crippen molar-refractivity contribution in [3.8, 4) is 0 Å². The van der Waals surface area contributed by atoms with E-state index < -0.39 is 0 Å². The first kappa shape index (κ1) is 12.8. The van der Waals surface area contributed by atoms with Gasteiger partial charge in [-0.25, -0.2) is 0 Å². The Morgan fingerprint density at radius 3 is 2.57 bits per heavy atom. The molecule has 5 nitrogen and oxygen atoms in total. The van der Waals surface area contributed by atoms with Crippen LogP contribution in [-0.2, 0) is 7.05 Å². The van der Waals surface area contributed by atoms with Gasteiger partial charge >= 0.3 is 0 Å². The summed E-state index contributed by atoms with van der Waals surface area (Å²) in [4.78, 5) is 17.2. The van der Waals surface area contributed by atoms with E-state index in [4.69, 9.17) is 0 Å². The first-order valence-electron chi connectivity index (χ1n) is 7.69. The number of piperazine rings is 1. The summed E-state index contributed by atoms with van der Waals surface area (Å²) in [5.74, 6) is 0.0715. The summed E-state index contributed by atoms with van der Waals surface area (Å²) in [5.41, 5.74) is 1.60. The second-order valence-electron chi connectivity index (χ2n) is 6.05. The lowest BCUT2D eigenvalue weighted by Gasteiger charge is -2.34. The number of aromatic nitrogens is 2. The highest BCUT2D eigenvalue weighted by molar-refractivity contribution is 6.04. The number of rotatable bonds is 2. The summed E-state index contributed by atoms with van der Waals surface area (Å²) in [5, 5.41) is 5.40. The number of nitrogens with zero attached hydrogens (tertiary/aromatic N) is 4. The summed E-state index contributed by atoms with van der Waals surface area (Å²) < 4.78 is 1.79. The number of benzene rings is 1.